The van der Waals surface area contributed by atoms with Crippen LogP contribution in [0.1, 0.15) is 20.8 Å². The lowest BCUT2D eigenvalue weighted by Crippen LogP contribution is -2.19. The van der Waals surface area contributed by atoms with E-state index in [2.05, 4.69) is 24.6 Å². The predicted molar refractivity (Wildman–Crippen MR) is 101 cm³/mol. The van der Waals surface area contributed by atoms with E-state index >= 15 is 0 Å². The average molecular weight is 293 g/mol. The molecule has 0 heterocycles. The van der Waals surface area contributed by atoms with Crippen molar-refractivity contribution in [2.45, 2.75) is 20.8 Å². The van der Waals surface area contributed by atoms with Gasteiger partial charge < -0.3 is 4.90 Å². The van der Waals surface area contributed by atoms with E-state index in [1.807, 2.05) is 81.5 Å². The maximum atomic E-state index is 3.94. The average Bonchev–Trinajstić information content (AvgIpc) is 2.53. The van der Waals surface area contributed by atoms with E-state index < -0.39 is 0 Å². The SMILES string of the molecule is C=C/C=C\C(=C/C)N(/C(C=C)=C/C=C\C)C(/C=C\C)=C/C=C. The summed E-state index contributed by atoms with van der Waals surface area (Å²) >= 11 is 0. The van der Waals surface area contributed by atoms with Gasteiger partial charge in [0.2, 0.25) is 0 Å². The lowest BCUT2D eigenvalue weighted by Gasteiger charge is -2.28. The van der Waals surface area contributed by atoms with E-state index in [1.54, 1.807) is 12.2 Å². The Balaban J connectivity index is 6.21. The predicted octanol–water partition coefficient (Wildman–Crippen LogP) is 6.23. The summed E-state index contributed by atoms with van der Waals surface area (Å²) in [6.07, 6.45) is 23.4. The van der Waals surface area contributed by atoms with Crippen molar-refractivity contribution in [2.75, 3.05) is 0 Å². The summed E-state index contributed by atoms with van der Waals surface area (Å²) in [5, 5.41) is 0. The molecule has 116 valence electrons. The van der Waals surface area contributed by atoms with Gasteiger partial charge in [-0.25, -0.2) is 0 Å². The second-order valence-electron chi connectivity index (χ2n) is 4.29. The molecule has 0 radical (unpaired) electrons. The fraction of sp³-hybridized carbons (Fsp3) is 0.143. The van der Waals surface area contributed by atoms with E-state index in [0.717, 1.165) is 17.1 Å². The maximum absolute atomic E-state index is 3.94. The largest absolute Gasteiger partial charge is 0.311 e. The van der Waals surface area contributed by atoms with Crippen LogP contribution in [0.4, 0.5) is 0 Å². The Hall–Kier alpha value is -2.54. The van der Waals surface area contributed by atoms with Crippen molar-refractivity contribution in [2.24, 2.45) is 0 Å². The minimum absolute atomic E-state index is 0.978. The molecule has 0 spiro atoms. The highest BCUT2D eigenvalue weighted by molar-refractivity contribution is 5.40. The Labute approximate surface area is 136 Å². The molecule has 0 atom stereocenters. The molecular weight excluding hydrogens is 266 g/mol. The minimum Gasteiger partial charge on any atom is -0.311 e. The van der Waals surface area contributed by atoms with Crippen molar-refractivity contribution in [3.63, 3.8) is 0 Å². The molecule has 0 saturated carbocycles. The van der Waals surface area contributed by atoms with Gasteiger partial charge in [-0.1, -0.05) is 62.3 Å². The molecule has 1 heteroatoms. The third-order valence-electron chi connectivity index (χ3n) is 2.77. The highest BCUT2D eigenvalue weighted by Crippen LogP contribution is 2.23. The summed E-state index contributed by atoms with van der Waals surface area (Å²) < 4.78 is 0. The lowest BCUT2D eigenvalue weighted by atomic mass is 10.2. The Bertz CT molecular complexity index is 548. The molecule has 0 aromatic heterocycles. The Morgan fingerprint density at radius 2 is 1.45 bits per heavy atom. The van der Waals surface area contributed by atoms with Crippen LogP contribution >= 0.6 is 0 Å². The van der Waals surface area contributed by atoms with Gasteiger partial charge in [0.25, 0.3) is 0 Å². The van der Waals surface area contributed by atoms with Crippen LogP contribution in [0.15, 0.2) is 110 Å². The first-order valence-electron chi connectivity index (χ1n) is 7.36. The molecule has 0 amide bonds. The quantitative estimate of drug-likeness (QED) is 0.456. The molecule has 0 fully saturated rings. The molecule has 0 bridgehead atoms. The molecule has 0 aromatic carbocycles. The Kier molecular flexibility index (Phi) is 10.8. The third-order valence-corrected chi connectivity index (χ3v) is 2.77. The molecule has 0 rings (SSSR count). The van der Waals surface area contributed by atoms with Crippen LogP contribution < -0.4 is 0 Å². The molecule has 1 nitrogen and oxygen atoms in total. The smallest absolute Gasteiger partial charge is 0.0457 e. The normalized spacial score (nSPS) is 14.0. The number of hydrogen-bond donors (Lipinski definition) is 0. The van der Waals surface area contributed by atoms with Gasteiger partial charge in [0.05, 0.1) is 0 Å². The second kappa shape index (κ2) is 12.2. The van der Waals surface area contributed by atoms with E-state index in [1.165, 1.54) is 0 Å². The summed E-state index contributed by atoms with van der Waals surface area (Å²) in [5.74, 6) is 0. The fourth-order valence-corrected chi connectivity index (χ4v) is 1.84. The summed E-state index contributed by atoms with van der Waals surface area (Å²) in [6, 6.07) is 0. The van der Waals surface area contributed by atoms with Crippen molar-refractivity contribution in [3.05, 3.63) is 110 Å². The van der Waals surface area contributed by atoms with Gasteiger partial charge in [-0.05, 0) is 51.2 Å². The highest BCUT2D eigenvalue weighted by atomic mass is 15.2. The monoisotopic (exact) mass is 293 g/mol. The van der Waals surface area contributed by atoms with Crippen LogP contribution in [-0.2, 0) is 0 Å². The number of hydrogen-bond acceptors (Lipinski definition) is 1. The summed E-state index contributed by atoms with van der Waals surface area (Å²) in [4.78, 5) is 2.12. The molecule has 0 aromatic rings. The first kappa shape index (κ1) is 19.5. The summed E-state index contributed by atoms with van der Waals surface area (Å²) in [6.45, 7) is 17.5. The Morgan fingerprint density at radius 3 is 1.91 bits per heavy atom. The van der Waals surface area contributed by atoms with Crippen LogP contribution in [0.3, 0.4) is 0 Å². The van der Waals surface area contributed by atoms with Crippen molar-refractivity contribution in [3.8, 4) is 0 Å². The van der Waals surface area contributed by atoms with Gasteiger partial charge in [0.15, 0.2) is 0 Å². The summed E-state index contributed by atoms with van der Waals surface area (Å²) in [7, 11) is 0. The van der Waals surface area contributed by atoms with Crippen molar-refractivity contribution < 1.29 is 0 Å². The van der Waals surface area contributed by atoms with Crippen LogP contribution in [0.2, 0.25) is 0 Å². The van der Waals surface area contributed by atoms with Crippen LogP contribution in [0, 0.1) is 0 Å². The second-order valence-corrected chi connectivity index (χ2v) is 4.29. The number of allylic oxidation sites excluding steroid dienone is 12. The molecule has 0 N–H and O–H groups in total. The van der Waals surface area contributed by atoms with Crippen LogP contribution in [0.5, 0.6) is 0 Å². The van der Waals surface area contributed by atoms with E-state index in [4.69, 9.17) is 0 Å². The topological polar surface area (TPSA) is 3.24 Å². The molecule has 0 aliphatic heterocycles. The van der Waals surface area contributed by atoms with Crippen LogP contribution in [-0.4, -0.2) is 4.90 Å². The first-order valence-corrected chi connectivity index (χ1v) is 7.36. The zero-order valence-electron chi connectivity index (χ0n) is 14.0. The van der Waals surface area contributed by atoms with Gasteiger partial charge in [-0.2, -0.15) is 0 Å². The first-order chi connectivity index (χ1) is 10.7. The zero-order valence-corrected chi connectivity index (χ0v) is 14.0. The number of nitrogens with zero attached hydrogens (tertiary/aromatic N) is 1. The Morgan fingerprint density at radius 1 is 0.727 bits per heavy atom. The van der Waals surface area contributed by atoms with Crippen molar-refractivity contribution >= 4 is 0 Å². The summed E-state index contributed by atoms with van der Waals surface area (Å²) in [5.41, 5.74) is 3.02. The van der Waals surface area contributed by atoms with Crippen molar-refractivity contribution in [1.29, 1.82) is 0 Å². The fourth-order valence-electron chi connectivity index (χ4n) is 1.84. The van der Waals surface area contributed by atoms with E-state index in [0.29, 0.717) is 0 Å². The molecule has 0 aliphatic carbocycles. The lowest BCUT2D eigenvalue weighted by molar-refractivity contribution is 0.577. The molecular formula is C21H27N. The molecule has 0 unspecified atom stereocenters. The maximum Gasteiger partial charge on any atom is 0.0457 e. The number of rotatable bonds is 9. The minimum atomic E-state index is 0.978. The third kappa shape index (κ3) is 6.27. The van der Waals surface area contributed by atoms with E-state index in [-0.39, 0.29) is 0 Å². The molecule has 0 aliphatic rings. The van der Waals surface area contributed by atoms with Gasteiger partial charge in [0, 0.05) is 17.1 Å². The van der Waals surface area contributed by atoms with Gasteiger partial charge in [-0.15, -0.1) is 0 Å². The van der Waals surface area contributed by atoms with Gasteiger partial charge >= 0.3 is 0 Å². The van der Waals surface area contributed by atoms with Gasteiger partial charge in [0.1, 0.15) is 0 Å². The molecule has 22 heavy (non-hydrogen) atoms. The highest BCUT2D eigenvalue weighted by Gasteiger charge is 2.12. The van der Waals surface area contributed by atoms with Crippen LogP contribution in [0.25, 0.3) is 0 Å². The van der Waals surface area contributed by atoms with Crippen molar-refractivity contribution in [1.82, 2.24) is 4.90 Å². The molecule has 0 saturated heterocycles. The standard InChI is InChI=1S/C21H27N/c1-7-13-17-19(11-5)22(20(12-6)18-14-8-2)21(15-9-3)16-10-4/h7-18H,1,3,6H2,2,4-5H3/b14-8-,16-10-,17-13-,19-11+,20-18+,21-15+. The zero-order chi connectivity index (χ0) is 16.8. The van der Waals surface area contributed by atoms with E-state index in [9.17, 15) is 0 Å². The van der Waals surface area contributed by atoms with Gasteiger partial charge in [-0.3, -0.25) is 0 Å².